The fourth-order valence-electron chi connectivity index (χ4n) is 2.13. The molecule has 4 heteroatoms. The number of aryl methyl sites for hydroxylation is 1. The van der Waals surface area contributed by atoms with Gasteiger partial charge in [-0.1, -0.05) is 27.7 Å². The Morgan fingerprint density at radius 3 is 2.19 bits per heavy atom. The van der Waals surface area contributed by atoms with Gasteiger partial charge >= 0.3 is 0 Å². The van der Waals surface area contributed by atoms with Crippen molar-refractivity contribution in [3.63, 3.8) is 0 Å². The Balaban J connectivity index is 3.01. The number of thiazole rings is 1. The van der Waals surface area contributed by atoms with Crippen molar-refractivity contribution >= 4 is 11.3 Å². The van der Waals surface area contributed by atoms with E-state index in [-0.39, 0.29) is 17.1 Å². The zero-order valence-corrected chi connectivity index (χ0v) is 15.8. The molecule has 0 aliphatic heterocycles. The van der Waals surface area contributed by atoms with E-state index in [4.69, 9.17) is 9.72 Å². The zero-order chi connectivity index (χ0) is 16.3. The molecule has 1 N–H and O–H groups in total. The molecular formula is C17H32N2OS. The quantitative estimate of drug-likeness (QED) is 0.825. The molecule has 1 aromatic heterocycles. The maximum absolute atomic E-state index is 5.98. The Labute approximate surface area is 134 Å². The molecule has 0 aromatic carbocycles. The van der Waals surface area contributed by atoms with E-state index in [0.29, 0.717) is 0 Å². The number of nitrogens with zero attached hydrogens (tertiary/aromatic N) is 1. The summed E-state index contributed by atoms with van der Waals surface area (Å²) >= 11 is 1.80. The molecule has 21 heavy (non-hydrogen) atoms. The summed E-state index contributed by atoms with van der Waals surface area (Å²) in [6, 6.07) is 0. The Morgan fingerprint density at radius 2 is 1.76 bits per heavy atom. The van der Waals surface area contributed by atoms with Gasteiger partial charge in [0.2, 0.25) is 0 Å². The van der Waals surface area contributed by atoms with E-state index in [9.17, 15) is 0 Å². The molecule has 1 heterocycles. The van der Waals surface area contributed by atoms with Crippen molar-refractivity contribution in [2.24, 2.45) is 5.41 Å². The van der Waals surface area contributed by atoms with Gasteiger partial charge in [0, 0.05) is 23.6 Å². The number of nitrogens with one attached hydrogen (secondary N) is 1. The third-order valence-corrected chi connectivity index (χ3v) is 4.39. The topological polar surface area (TPSA) is 34.1 Å². The van der Waals surface area contributed by atoms with Crippen LogP contribution in [0, 0.1) is 5.41 Å². The average Bonchev–Trinajstić information content (AvgIpc) is 2.74. The second kappa shape index (κ2) is 7.21. The number of hydrogen-bond donors (Lipinski definition) is 1. The van der Waals surface area contributed by atoms with Crippen LogP contribution in [0.15, 0.2) is 0 Å². The largest absolute Gasteiger partial charge is 0.371 e. The minimum Gasteiger partial charge on any atom is -0.371 e. The number of hydrogen-bond acceptors (Lipinski definition) is 4. The van der Waals surface area contributed by atoms with Crippen LogP contribution in [0.1, 0.15) is 77.1 Å². The van der Waals surface area contributed by atoms with Crippen LogP contribution in [-0.4, -0.2) is 17.1 Å². The predicted octanol–water partition coefficient (Wildman–Crippen LogP) is 4.72. The van der Waals surface area contributed by atoms with Crippen LogP contribution < -0.4 is 5.32 Å². The molecule has 0 fully saturated rings. The summed E-state index contributed by atoms with van der Waals surface area (Å²) in [5.74, 6) is 0. The SMILES string of the molecule is CCOC(c1nc(CC)c(CNC(C)(C)C)s1)C(C)(C)C. The second-order valence-corrected chi connectivity index (χ2v) is 8.70. The fourth-order valence-corrected chi connectivity index (χ4v) is 3.52. The van der Waals surface area contributed by atoms with Gasteiger partial charge in [0.15, 0.2) is 0 Å². The normalized spacial score (nSPS) is 14.5. The lowest BCUT2D eigenvalue weighted by Gasteiger charge is -2.28. The van der Waals surface area contributed by atoms with Crippen molar-refractivity contribution in [2.45, 2.75) is 80.0 Å². The minimum absolute atomic E-state index is 0.0631. The average molecular weight is 313 g/mol. The van der Waals surface area contributed by atoms with Crippen molar-refractivity contribution in [1.82, 2.24) is 10.3 Å². The first kappa shape index (κ1) is 18.6. The maximum atomic E-state index is 5.98. The molecule has 1 rings (SSSR count). The van der Waals surface area contributed by atoms with Crippen molar-refractivity contribution in [3.8, 4) is 0 Å². The van der Waals surface area contributed by atoms with E-state index in [1.165, 1.54) is 10.6 Å². The van der Waals surface area contributed by atoms with E-state index in [1.807, 2.05) is 0 Å². The van der Waals surface area contributed by atoms with Gasteiger partial charge < -0.3 is 10.1 Å². The maximum Gasteiger partial charge on any atom is 0.123 e. The molecule has 0 spiro atoms. The zero-order valence-electron chi connectivity index (χ0n) is 15.0. The van der Waals surface area contributed by atoms with Gasteiger partial charge in [-0.05, 0) is 39.5 Å². The Bertz CT molecular complexity index is 441. The van der Waals surface area contributed by atoms with Crippen LogP contribution in [-0.2, 0) is 17.7 Å². The van der Waals surface area contributed by atoms with Crippen molar-refractivity contribution < 1.29 is 4.74 Å². The molecule has 0 radical (unpaired) electrons. The molecule has 122 valence electrons. The lowest BCUT2D eigenvalue weighted by atomic mass is 9.89. The number of rotatable bonds is 6. The van der Waals surface area contributed by atoms with Gasteiger partial charge in [0.05, 0.1) is 5.69 Å². The highest BCUT2D eigenvalue weighted by atomic mass is 32.1. The third-order valence-electron chi connectivity index (χ3n) is 3.25. The summed E-state index contributed by atoms with van der Waals surface area (Å²) in [7, 11) is 0. The Morgan fingerprint density at radius 1 is 1.14 bits per heavy atom. The first-order chi connectivity index (χ1) is 9.58. The van der Waals surface area contributed by atoms with Crippen LogP contribution in [0.2, 0.25) is 0 Å². The van der Waals surface area contributed by atoms with Crippen LogP contribution in [0.4, 0.5) is 0 Å². The highest BCUT2D eigenvalue weighted by Crippen LogP contribution is 2.39. The highest BCUT2D eigenvalue weighted by molar-refractivity contribution is 7.11. The molecule has 1 unspecified atom stereocenters. The Kier molecular flexibility index (Phi) is 6.38. The molecule has 0 saturated carbocycles. The van der Waals surface area contributed by atoms with E-state index in [0.717, 1.165) is 24.6 Å². The van der Waals surface area contributed by atoms with Gasteiger partial charge in [-0.15, -0.1) is 11.3 Å². The molecule has 0 amide bonds. The molecular weight excluding hydrogens is 280 g/mol. The highest BCUT2D eigenvalue weighted by Gasteiger charge is 2.30. The summed E-state index contributed by atoms with van der Waals surface area (Å²) in [5, 5.41) is 4.68. The molecule has 3 nitrogen and oxygen atoms in total. The monoisotopic (exact) mass is 312 g/mol. The van der Waals surface area contributed by atoms with Gasteiger partial charge in [0.25, 0.3) is 0 Å². The smallest absolute Gasteiger partial charge is 0.123 e. The summed E-state index contributed by atoms with van der Waals surface area (Å²) < 4.78 is 5.98. The molecule has 1 atom stereocenters. The van der Waals surface area contributed by atoms with Gasteiger partial charge in [0.1, 0.15) is 11.1 Å². The van der Waals surface area contributed by atoms with Crippen LogP contribution in [0.25, 0.3) is 0 Å². The van der Waals surface area contributed by atoms with Gasteiger partial charge in [-0.25, -0.2) is 4.98 Å². The summed E-state index contributed by atoms with van der Waals surface area (Å²) in [6.45, 7) is 19.1. The van der Waals surface area contributed by atoms with E-state index < -0.39 is 0 Å². The molecule has 1 aromatic rings. The van der Waals surface area contributed by atoms with E-state index in [1.54, 1.807) is 11.3 Å². The van der Waals surface area contributed by atoms with Crippen LogP contribution in [0.5, 0.6) is 0 Å². The first-order valence-corrected chi connectivity index (χ1v) is 8.75. The number of aromatic nitrogens is 1. The minimum atomic E-state index is 0.0631. The fraction of sp³-hybridized carbons (Fsp3) is 0.824. The predicted molar refractivity (Wildman–Crippen MR) is 91.9 cm³/mol. The van der Waals surface area contributed by atoms with Crippen LogP contribution in [0.3, 0.4) is 0 Å². The van der Waals surface area contributed by atoms with Gasteiger partial charge in [-0.3, -0.25) is 0 Å². The number of ether oxygens (including phenoxy) is 1. The van der Waals surface area contributed by atoms with Gasteiger partial charge in [-0.2, -0.15) is 0 Å². The van der Waals surface area contributed by atoms with Crippen molar-refractivity contribution in [2.75, 3.05) is 6.61 Å². The lowest BCUT2D eigenvalue weighted by Crippen LogP contribution is -2.35. The van der Waals surface area contributed by atoms with Crippen LogP contribution >= 0.6 is 11.3 Å². The molecule has 0 saturated heterocycles. The second-order valence-electron chi connectivity index (χ2n) is 7.58. The van der Waals surface area contributed by atoms with E-state index in [2.05, 4.69) is 60.7 Å². The van der Waals surface area contributed by atoms with E-state index >= 15 is 0 Å². The van der Waals surface area contributed by atoms with Crippen molar-refractivity contribution in [3.05, 3.63) is 15.6 Å². The third kappa shape index (κ3) is 5.68. The summed E-state index contributed by atoms with van der Waals surface area (Å²) in [6.07, 6.45) is 1.04. The molecule has 0 aliphatic carbocycles. The van der Waals surface area contributed by atoms with Crippen molar-refractivity contribution in [1.29, 1.82) is 0 Å². The standard InChI is InChI=1S/C17H32N2OS/c1-9-12-13(11-18-17(6,7)8)21-15(19-12)14(20-10-2)16(3,4)5/h14,18H,9-11H2,1-8H3. The summed E-state index contributed by atoms with van der Waals surface area (Å²) in [5.41, 5.74) is 1.40. The first-order valence-electron chi connectivity index (χ1n) is 7.93. The summed E-state index contributed by atoms with van der Waals surface area (Å²) in [4.78, 5) is 6.21. The molecule has 0 aliphatic rings. The lowest BCUT2D eigenvalue weighted by molar-refractivity contribution is -0.0134. The Hall–Kier alpha value is -0.450. The molecule has 0 bridgehead atoms.